The van der Waals surface area contributed by atoms with Crippen molar-refractivity contribution < 1.29 is 4.79 Å². The minimum atomic E-state index is -0.203. The zero-order chi connectivity index (χ0) is 13.1. The Bertz CT molecular complexity index is 599. The molecule has 0 bridgehead atoms. The Hall–Kier alpha value is -1.75. The third-order valence-electron chi connectivity index (χ3n) is 2.43. The van der Waals surface area contributed by atoms with E-state index >= 15 is 0 Å². The van der Waals surface area contributed by atoms with E-state index in [4.69, 9.17) is 0 Å². The van der Waals surface area contributed by atoms with Crippen LogP contribution in [-0.2, 0) is 0 Å². The molecule has 0 aliphatic rings. The van der Waals surface area contributed by atoms with Crippen LogP contribution in [0.2, 0.25) is 0 Å². The number of hydrogen-bond acceptors (Lipinski definition) is 3. The number of rotatable bonds is 2. The van der Waals surface area contributed by atoms with Gasteiger partial charge >= 0.3 is 0 Å². The van der Waals surface area contributed by atoms with Crippen molar-refractivity contribution in [2.24, 2.45) is 0 Å². The van der Waals surface area contributed by atoms with E-state index in [1.165, 1.54) is 0 Å². The Kier molecular flexibility index (Phi) is 3.72. The van der Waals surface area contributed by atoms with Crippen molar-refractivity contribution >= 4 is 27.5 Å². The number of aryl methyl sites for hydroxylation is 2. The average Bonchev–Trinajstić information content (AvgIpc) is 2.28. The minimum Gasteiger partial charge on any atom is -0.322 e. The second-order valence-electron chi connectivity index (χ2n) is 3.88. The lowest BCUT2D eigenvalue weighted by Gasteiger charge is -2.07. The Balaban J connectivity index is 2.22. The van der Waals surface area contributed by atoms with E-state index in [2.05, 4.69) is 31.2 Å². The number of carbonyl (C=O) groups excluding carboxylic acids is 1. The fraction of sp³-hybridized carbons (Fsp3) is 0.154. The molecule has 1 aromatic carbocycles. The highest BCUT2D eigenvalue weighted by molar-refractivity contribution is 9.10. The van der Waals surface area contributed by atoms with E-state index in [0.29, 0.717) is 17.1 Å². The van der Waals surface area contributed by atoms with Crippen molar-refractivity contribution in [1.82, 2.24) is 9.97 Å². The van der Waals surface area contributed by atoms with Crippen LogP contribution in [0.4, 0.5) is 5.69 Å². The zero-order valence-corrected chi connectivity index (χ0v) is 11.7. The molecular weight excluding hydrogens is 294 g/mol. The molecule has 0 aliphatic heterocycles. The molecule has 2 aromatic rings. The van der Waals surface area contributed by atoms with Gasteiger partial charge in [0.1, 0.15) is 5.82 Å². The molecule has 18 heavy (non-hydrogen) atoms. The molecule has 1 heterocycles. The molecule has 0 unspecified atom stereocenters. The smallest absolute Gasteiger partial charge is 0.259 e. The summed E-state index contributed by atoms with van der Waals surface area (Å²) in [5, 5.41) is 2.81. The average molecular weight is 306 g/mol. The number of benzene rings is 1. The summed E-state index contributed by atoms with van der Waals surface area (Å²) in [6, 6.07) is 7.42. The topological polar surface area (TPSA) is 54.9 Å². The van der Waals surface area contributed by atoms with Gasteiger partial charge in [-0.2, -0.15) is 0 Å². The van der Waals surface area contributed by atoms with Gasteiger partial charge in [-0.05, 0) is 32.0 Å². The molecule has 2 rings (SSSR count). The van der Waals surface area contributed by atoms with Crippen LogP contribution >= 0.6 is 15.9 Å². The second-order valence-corrected chi connectivity index (χ2v) is 4.80. The Morgan fingerprint density at radius 2 is 2.11 bits per heavy atom. The van der Waals surface area contributed by atoms with Gasteiger partial charge in [-0.1, -0.05) is 22.0 Å². The molecule has 1 aromatic heterocycles. The molecule has 92 valence electrons. The van der Waals surface area contributed by atoms with E-state index in [-0.39, 0.29) is 5.91 Å². The molecule has 4 nitrogen and oxygen atoms in total. The van der Waals surface area contributed by atoms with Gasteiger partial charge in [-0.15, -0.1) is 0 Å². The van der Waals surface area contributed by atoms with Crippen molar-refractivity contribution in [2.75, 3.05) is 5.32 Å². The molecule has 0 atom stereocenters. The zero-order valence-electron chi connectivity index (χ0n) is 10.1. The van der Waals surface area contributed by atoms with E-state index in [1.807, 2.05) is 24.3 Å². The van der Waals surface area contributed by atoms with Crippen LogP contribution in [0.1, 0.15) is 21.9 Å². The number of nitrogens with one attached hydrogen (secondary N) is 1. The molecule has 0 aliphatic carbocycles. The van der Waals surface area contributed by atoms with Gasteiger partial charge in [0.15, 0.2) is 0 Å². The van der Waals surface area contributed by atoms with Crippen LogP contribution in [0.3, 0.4) is 0 Å². The Morgan fingerprint density at radius 3 is 2.78 bits per heavy atom. The van der Waals surface area contributed by atoms with Crippen molar-refractivity contribution in [3.05, 3.63) is 52.0 Å². The van der Waals surface area contributed by atoms with E-state index in [0.717, 1.165) is 10.2 Å². The first-order valence-corrected chi connectivity index (χ1v) is 6.23. The van der Waals surface area contributed by atoms with Crippen LogP contribution in [0.25, 0.3) is 0 Å². The quantitative estimate of drug-likeness (QED) is 0.927. The maximum absolute atomic E-state index is 12.1. The molecule has 0 radical (unpaired) electrons. The van der Waals surface area contributed by atoms with Crippen molar-refractivity contribution in [3.63, 3.8) is 0 Å². The first-order valence-electron chi connectivity index (χ1n) is 5.43. The van der Waals surface area contributed by atoms with Crippen LogP contribution < -0.4 is 5.32 Å². The summed E-state index contributed by atoms with van der Waals surface area (Å²) in [4.78, 5) is 20.3. The lowest BCUT2D eigenvalue weighted by atomic mass is 10.2. The molecule has 0 spiro atoms. The molecule has 0 fully saturated rings. The fourth-order valence-electron chi connectivity index (χ4n) is 1.57. The number of nitrogens with zero attached hydrogens (tertiary/aromatic N) is 2. The predicted molar refractivity (Wildman–Crippen MR) is 73.6 cm³/mol. The van der Waals surface area contributed by atoms with Gasteiger partial charge < -0.3 is 5.32 Å². The minimum absolute atomic E-state index is 0.203. The monoisotopic (exact) mass is 305 g/mol. The Morgan fingerprint density at radius 1 is 1.33 bits per heavy atom. The highest BCUT2D eigenvalue weighted by atomic mass is 79.9. The summed E-state index contributed by atoms with van der Waals surface area (Å²) in [7, 11) is 0. The van der Waals surface area contributed by atoms with Crippen molar-refractivity contribution in [1.29, 1.82) is 0 Å². The number of aromatic nitrogens is 2. The van der Waals surface area contributed by atoms with E-state index in [9.17, 15) is 4.79 Å². The van der Waals surface area contributed by atoms with Crippen LogP contribution in [0.5, 0.6) is 0 Å². The maximum Gasteiger partial charge on any atom is 0.259 e. The molecule has 0 saturated heterocycles. The van der Waals surface area contributed by atoms with Gasteiger partial charge in [0.05, 0.1) is 11.3 Å². The first-order chi connectivity index (χ1) is 8.56. The van der Waals surface area contributed by atoms with E-state index in [1.54, 1.807) is 20.0 Å². The third kappa shape index (κ3) is 2.92. The maximum atomic E-state index is 12.1. The predicted octanol–water partition coefficient (Wildman–Crippen LogP) is 3.11. The standard InChI is InChI=1S/C13H12BrN3O/c1-8-12(7-15-9(2)16-8)13(18)17-11-5-3-4-10(14)6-11/h3-7H,1-2H3,(H,17,18). The fourth-order valence-corrected chi connectivity index (χ4v) is 1.97. The van der Waals surface area contributed by atoms with Gasteiger partial charge in [-0.25, -0.2) is 9.97 Å². The van der Waals surface area contributed by atoms with Crippen LogP contribution in [-0.4, -0.2) is 15.9 Å². The lowest BCUT2D eigenvalue weighted by Crippen LogP contribution is -2.15. The molecule has 0 saturated carbocycles. The second kappa shape index (κ2) is 5.27. The van der Waals surface area contributed by atoms with Gasteiger partial charge in [0, 0.05) is 16.4 Å². The normalized spacial score (nSPS) is 10.2. The SMILES string of the molecule is Cc1ncc(C(=O)Nc2cccc(Br)c2)c(C)n1. The van der Waals surface area contributed by atoms with Gasteiger partial charge in [-0.3, -0.25) is 4.79 Å². The number of anilines is 1. The summed E-state index contributed by atoms with van der Waals surface area (Å²) < 4.78 is 0.914. The number of halogens is 1. The highest BCUT2D eigenvalue weighted by Crippen LogP contribution is 2.16. The van der Waals surface area contributed by atoms with E-state index < -0.39 is 0 Å². The van der Waals surface area contributed by atoms with Crippen LogP contribution in [0.15, 0.2) is 34.9 Å². The summed E-state index contributed by atoms with van der Waals surface area (Å²) >= 11 is 3.36. The number of carbonyl (C=O) groups is 1. The number of hydrogen-bond donors (Lipinski definition) is 1. The Labute approximate surface area is 114 Å². The van der Waals surface area contributed by atoms with Crippen LogP contribution in [0, 0.1) is 13.8 Å². The molecule has 1 amide bonds. The lowest BCUT2D eigenvalue weighted by molar-refractivity contribution is 0.102. The van der Waals surface area contributed by atoms with Gasteiger partial charge in [0.2, 0.25) is 0 Å². The summed E-state index contributed by atoms with van der Waals surface area (Å²) in [5.41, 5.74) is 1.89. The van der Waals surface area contributed by atoms with Crippen molar-refractivity contribution in [2.45, 2.75) is 13.8 Å². The summed E-state index contributed by atoms with van der Waals surface area (Å²) in [6.07, 6.45) is 1.55. The highest BCUT2D eigenvalue weighted by Gasteiger charge is 2.11. The van der Waals surface area contributed by atoms with Gasteiger partial charge in [0.25, 0.3) is 5.91 Å². The third-order valence-corrected chi connectivity index (χ3v) is 2.92. The summed E-state index contributed by atoms with van der Waals surface area (Å²) in [5.74, 6) is 0.456. The summed E-state index contributed by atoms with van der Waals surface area (Å²) in [6.45, 7) is 3.59. The first kappa shape index (κ1) is 12.7. The number of amides is 1. The largest absolute Gasteiger partial charge is 0.322 e. The molecular formula is C13H12BrN3O. The molecule has 5 heteroatoms. The van der Waals surface area contributed by atoms with Crippen molar-refractivity contribution in [3.8, 4) is 0 Å². The molecule has 1 N–H and O–H groups in total.